The van der Waals surface area contributed by atoms with E-state index in [0.29, 0.717) is 6.54 Å². The van der Waals surface area contributed by atoms with Gasteiger partial charge in [0.15, 0.2) is 0 Å². The summed E-state index contributed by atoms with van der Waals surface area (Å²) in [6.07, 6.45) is -2.47. The van der Waals surface area contributed by atoms with E-state index in [1.165, 1.54) is 0 Å². The maximum absolute atomic E-state index is 13.0. The smallest absolute Gasteiger partial charge is 0.369 e. The summed E-state index contributed by atoms with van der Waals surface area (Å²) in [6, 6.07) is 9.56. The Kier molecular flexibility index (Phi) is 4.90. The molecular formula is C16H19F3N2O. The zero-order chi connectivity index (χ0) is 16.3. The molecule has 22 heavy (non-hydrogen) atoms. The Balaban J connectivity index is 2.05. The van der Waals surface area contributed by atoms with Crippen molar-refractivity contribution in [2.45, 2.75) is 13.1 Å². The first-order valence-corrected chi connectivity index (χ1v) is 7.08. The normalized spacial score (nSPS) is 23.7. The van der Waals surface area contributed by atoms with Gasteiger partial charge in [0.25, 0.3) is 0 Å². The third kappa shape index (κ3) is 4.10. The fourth-order valence-corrected chi connectivity index (χ4v) is 2.87. The second-order valence-corrected chi connectivity index (χ2v) is 5.75. The summed E-state index contributed by atoms with van der Waals surface area (Å²) in [5, 5.41) is 0. The molecule has 1 aromatic carbocycles. The van der Waals surface area contributed by atoms with E-state index in [1.54, 1.807) is 4.90 Å². The lowest BCUT2D eigenvalue weighted by atomic mass is 9.95. The van der Waals surface area contributed by atoms with Gasteiger partial charge in [-0.1, -0.05) is 42.0 Å². The largest absolute Gasteiger partial charge is 0.393 e. The number of hydrogen-bond donors (Lipinski definition) is 1. The van der Waals surface area contributed by atoms with Crippen molar-refractivity contribution in [3.05, 3.63) is 41.5 Å². The number of carbonyl (C=O) groups is 1. The van der Waals surface area contributed by atoms with E-state index >= 15 is 0 Å². The molecular weight excluding hydrogens is 293 g/mol. The quantitative estimate of drug-likeness (QED) is 0.929. The highest BCUT2D eigenvalue weighted by molar-refractivity contribution is 5.77. The molecule has 2 atom stereocenters. The Morgan fingerprint density at radius 3 is 2.45 bits per heavy atom. The molecule has 0 aromatic heterocycles. The van der Waals surface area contributed by atoms with Crippen LogP contribution in [0.5, 0.6) is 0 Å². The molecule has 1 heterocycles. The summed E-state index contributed by atoms with van der Waals surface area (Å²) in [5.41, 5.74) is 7.06. The van der Waals surface area contributed by atoms with E-state index in [-0.39, 0.29) is 13.1 Å². The van der Waals surface area contributed by atoms with Crippen LogP contribution in [0.2, 0.25) is 0 Å². The number of hydrogen-bond acceptors (Lipinski definition) is 2. The molecule has 1 aliphatic rings. The van der Waals surface area contributed by atoms with Crippen LogP contribution in [0.25, 0.3) is 6.08 Å². The monoisotopic (exact) mass is 312 g/mol. The van der Waals surface area contributed by atoms with E-state index in [4.69, 9.17) is 5.73 Å². The fraction of sp³-hybridized carbons (Fsp3) is 0.438. The van der Waals surface area contributed by atoms with Crippen molar-refractivity contribution in [2.24, 2.45) is 17.6 Å². The van der Waals surface area contributed by atoms with Gasteiger partial charge in [-0.2, -0.15) is 13.2 Å². The van der Waals surface area contributed by atoms with Crippen LogP contribution in [0.3, 0.4) is 0 Å². The van der Waals surface area contributed by atoms with Crippen LogP contribution in [0.4, 0.5) is 13.2 Å². The van der Waals surface area contributed by atoms with Crippen LogP contribution in [-0.2, 0) is 4.79 Å². The average molecular weight is 312 g/mol. The molecule has 3 nitrogen and oxygen atoms in total. The zero-order valence-electron chi connectivity index (χ0n) is 12.3. The molecule has 0 bridgehead atoms. The van der Waals surface area contributed by atoms with Gasteiger partial charge in [0.05, 0.1) is 11.8 Å². The standard InChI is InChI=1S/C16H19F3N2O/c1-11(7-12-5-3-2-4-6-12)8-21-9-13(15(20)22)14(10-21)16(17,18)19/h2-7,13-14H,8-10H2,1H3,(H2,20,22)/b11-7+/t13-,14-/m0/s1. The predicted molar refractivity (Wildman–Crippen MR) is 78.8 cm³/mol. The third-order valence-corrected chi connectivity index (χ3v) is 3.87. The molecule has 6 heteroatoms. The number of rotatable bonds is 4. The van der Waals surface area contributed by atoms with Crippen molar-refractivity contribution >= 4 is 12.0 Å². The van der Waals surface area contributed by atoms with Gasteiger partial charge in [-0.3, -0.25) is 9.69 Å². The Morgan fingerprint density at radius 1 is 1.32 bits per heavy atom. The van der Waals surface area contributed by atoms with Gasteiger partial charge in [0.2, 0.25) is 5.91 Å². The molecule has 1 saturated heterocycles. The first-order valence-electron chi connectivity index (χ1n) is 7.08. The van der Waals surface area contributed by atoms with Crippen molar-refractivity contribution in [3.63, 3.8) is 0 Å². The van der Waals surface area contributed by atoms with Crippen LogP contribution < -0.4 is 5.73 Å². The van der Waals surface area contributed by atoms with Gasteiger partial charge in [-0.15, -0.1) is 0 Å². The van der Waals surface area contributed by atoms with Gasteiger partial charge in [0.1, 0.15) is 0 Å². The second-order valence-electron chi connectivity index (χ2n) is 5.75. The van der Waals surface area contributed by atoms with Crippen molar-refractivity contribution < 1.29 is 18.0 Å². The topological polar surface area (TPSA) is 46.3 Å². The molecule has 2 rings (SSSR count). The lowest BCUT2D eigenvalue weighted by molar-refractivity contribution is -0.182. The van der Waals surface area contributed by atoms with Crippen LogP contribution in [0, 0.1) is 11.8 Å². The molecule has 0 radical (unpaired) electrons. The van der Waals surface area contributed by atoms with Crippen LogP contribution >= 0.6 is 0 Å². The summed E-state index contributed by atoms with van der Waals surface area (Å²) >= 11 is 0. The number of nitrogens with zero attached hydrogens (tertiary/aromatic N) is 1. The van der Waals surface area contributed by atoms with E-state index in [0.717, 1.165) is 11.1 Å². The zero-order valence-corrected chi connectivity index (χ0v) is 12.3. The number of likely N-dealkylation sites (tertiary alicyclic amines) is 1. The predicted octanol–water partition coefficient (Wildman–Crippen LogP) is 2.69. The van der Waals surface area contributed by atoms with E-state index < -0.39 is 23.9 Å². The molecule has 0 unspecified atom stereocenters. The van der Waals surface area contributed by atoms with E-state index in [9.17, 15) is 18.0 Å². The molecule has 1 aliphatic heterocycles. The van der Waals surface area contributed by atoms with Crippen LogP contribution in [-0.4, -0.2) is 36.6 Å². The summed E-state index contributed by atoms with van der Waals surface area (Å²) in [5.74, 6) is -3.71. The minimum absolute atomic E-state index is 0.0550. The Labute approximate surface area is 127 Å². The number of nitrogens with two attached hydrogens (primary N) is 1. The Hall–Kier alpha value is -1.82. The number of carbonyl (C=O) groups excluding carboxylic acids is 1. The van der Waals surface area contributed by atoms with Crippen LogP contribution in [0.15, 0.2) is 35.9 Å². The Bertz CT molecular complexity index is 554. The molecule has 1 aromatic rings. The first kappa shape index (κ1) is 16.5. The number of benzene rings is 1. The van der Waals surface area contributed by atoms with E-state index in [1.807, 2.05) is 43.3 Å². The summed E-state index contributed by atoms with van der Waals surface area (Å²) in [6.45, 7) is 2.13. The highest BCUT2D eigenvalue weighted by Crippen LogP contribution is 2.37. The van der Waals surface area contributed by atoms with Crippen molar-refractivity contribution in [1.29, 1.82) is 0 Å². The molecule has 1 amide bonds. The summed E-state index contributed by atoms with van der Waals surface area (Å²) in [4.78, 5) is 12.9. The fourth-order valence-electron chi connectivity index (χ4n) is 2.87. The number of amides is 1. The Morgan fingerprint density at radius 2 is 1.95 bits per heavy atom. The van der Waals surface area contributed by atoms with Crippen molar-refractivity contribution in [1.82, 2.24) is 4.90 Å². The highest BCUT2D eigenvalue weighted by atomic mass is 19.4. The molecule has 2 N–H and O–H groups in total. The maximum atomic E-state index is 13.0. The van der Waals surface area contributed by atoms with Gasteiger partial charge < -0.3 is 5.73 Å². The summed E-state index contributed by atoms with van der Waals surface area (Å²) < 4.78 is 38.9. The average Bonchev–Trinajstić information content (AvgIpc) is 2.83. The van der Waals surface area contributed by atoms with Crippen LogP contribution in [0.1, 0.15) is 12.5 Å². The lowest BCUT2D eigenvalue weighted by Gasteiger charge is -2.19. The van der Waals surface area contributed by atoms with Gasteiger partial charge in [0, 0.05) is 19.6 Å². The van der Waals surface area contributed by atoms with Gasteiger partial charge in [-0.05, 0) is 12.5 Å². The SMILES string of the molecule is C/C(=C\c1ccccc1)CN1C[C@H](C(N)=O)[C@@H](C(F)(F)F)C1. The van der Waals surface area contributed by atoms with Gasteiger partial charge in [-0.25, -0.2) is 0 Å². The number of halogens is 3. The molecule has 120 valence electrons. The minimum atomic E-state index is -4.40. The van der Waals surface area contributed by atoms with Crippen molar-refractivity contribution in [3.8, 4) is 0 Å². The lowest BCUT2D eigenvalue weighted by Crippen LogP contribution is -2.37. The molecule has 1 fully saturated rings. The molecule has 0 saturated carbocycles. The first-order chi connectivity index (χ1) is 10.3. The highest BCUT2D eigenvalue weighted by Gasteiger charge is 2.51. The number of alkyl halides is 3. The van der Waals surface area contributed by atoms with Gasteiger partial charge >= 0.3 is 6.18 Å². The molecule has 0 aliphatic carbocycles. The second kappa shape index (κ2) is 6.52. The molecule has 0 spiro atoms. The third-order valence-electron chi connectivity index (χ3n) is 3.87. The van der Waals surface area contributed by atoms with Crippen molar-refractivity contribution in [2.75, 3.05) is 19.6 Å². The summed E-state index contributed by atoms with van der Waals surface area (Å²) in [7, 11) is 0. The minimum Gasteiger partial charge on any atom is -0.369 e. The maximum Gasteiger partial charge on any atom is 0.393 e. The number of primary amides is 1. The van der Waals surface area contributed by atoms with E-state index in [2.05, 4.69) is 0 Å².